The van der Waals surface area contributed by atoms with E-state index in [2.05, 4.69) is 5.32 Å². The Bertz CT molecular complexity index is 531. The lowest BCUT2D eigenvalue weighted by molar-refractivity contribution is -0.386. The van der Waals surface area contributed by atoms with E-state index < -0.39 is 20.9 Å². The number of nitrogens with one attached hydrogen (secondary N) is 1. The van der Waals surface area contributed by atoms with E-state index in [-0.39, 0.29) is 17.4 Å². The van der Waals surface area contributed by atoms with Crippen LogP contribution in [0.2, 0.25) is 0 Å². The highest BCUT2D eigenvalue weighted by atomic mass is 35.6. The number of alkyl halides is 3. The van der Waals surface area contributed by atoms with Crippen molar-refractivity contribution in [3.05, 3.63) is 34.4 Å². The van der Waals surface area contributed by atoms with Crippen molar-refractivity contribution < 1.29 is 14.5 Å². The molecule has 0 aliphatic rings. The van der Waals surface area contributed by atoms with Crippen molar-refractivity contribution >= 4 is 46.4 Å². The van der Waals surface area contributed by atoms with Gasteiger partial charge < -0.3 is 10.1 Å². The van der Waals surface area contributed by atoms with Crippen molar-refractivity contribution in [1.29, 1.82) is 0 Å². The molecule has 6 nitrogen and oxygen atoms in total. The monoisotopic (exact) mass is 354 g/mol. The summed E-state index contributed by atoms with van der Waals surface area (Å²) < 4.78 is 3.33. The average molecular weight is 356 g/mol. The number of carbonyl (C=O) groups excluding carboxylic acids is 1. The smallest absolute Gasteiger partial charge is 0.311 e. The molecule has 1 amide bonds. The summed E-state index contributed by atoms with van der Waals surface area (Å²) in [7, 11) is 0. The van der Waals surface area contributed by atoms with Crippen molar-refractivity contribution in [3.63, 3.8) is 0 Å². The Morgan fingerprint density at radius 3 is 2.38 bits per heavy atom. The number of carbonyl (C=O) groups is 1. The third-order valence-electron chi connectivity index (χ3n) is 2.40. The Hall–Kier alpha value is -1.24. The van der Waals surface area contributed by atoms with Crippen LogP contribution < -0.4 is 10.1 Å². The molecule has 116 valence electrons. The molecule has 9 heteroatoms. The fourth-order valence-electron chi connectivity index (χ4n) is 1.31. The summed E-state index contributed by atoms with van der Waals surface area (Å²) in [6, 6.07) is 5.60. The van der Waals surface area contributed by atoms with E-state index in [1.807, 2.05) is 0 Å². The molecule has 0 bridgehead atoms. The first-order valence-corrected chi connectivity index (χ1v) is 7.03. The first-order valence-electron chi connectivity index (χ1n) is 5.90. The normalized spacial score (nSPS) is 12.9. The second kappa shape index (κ2) is 7.15. The van der Waals surface area contributed by atoms with Crippen molar-refractivity contribution in [2.45, 2.75) is 23.9 Å². The van der Waals surface area contributed by atoms with Gasteiger partial charge in [0.1, 0.15) is 0 Å². The van der Waals surface area contributed by atoms with Gasteiger partial charge in [0.05, 0.1) is 4.92 Å². The number of amides is 1. The van der Waals surface area contributed by atoms with E-state index in [4.69, 9.17) is 39.5 Å². The Balaban J connectivity index is 3.03. The molecule has 1 aromatic carbocycles. The maximum absolute atomic E-state index is 11.7. The molecule has 21 heavy (non-hydrogen) atoms. The molecular formula is C12H13Cl3N2O4. The topological polar surface area (TPSA) is 81.5 Å². The molecule has 1 rings (SSSR count). The van der Waals surface area contributed by atoms with Crippen molar-refractivity contribution in [3.8, 4) is 5.75 Å². The third kappa shape index (κ3) is 5.22. The summed E-state index contributed by atoms with van der Waals surface area (Å²) >= 11 is 17.3. The predicted octanol–water partition coefficient (Wildman–Crippen LogP) is 3.44. The van der Waals surface area contributed by atoms with Crippen LogP contribution >= 0.6 is 34.8 Å². The second-order valence-electron chi connectivity index (χ2n) is 4.43. The molecule has 1 aromatic rings. The van der Waals surface area contributed by atoms with Gasteiger partial charge in [-0.3, -0.25) is 14.9 Å². The van der Waals surface area contributed by atoms with Gasteiger partial charge in [-0.05, 0) is 6.07 Å². The van der Waals surface area contributed by atoms with E-state index in [9.17, 15) is 14.9 Å². The van der Waals surface area contributed by atoms with Gasteiger partial charge in [-0.25, -0.2) is 0 Å². The van der Waals surface area contributed by atoms with Gasteiger partial charge in [0.25, 0.3) is 0 Å². The van der Waals surface area contributed by atoms with Crippen LogP contribution in [0, 0.1) is 16.0 Å². The highest BCUT2D eigenvalue weighted by Crippen LogP contribution is 2.34. The number of halogens is 3. The number of hydrogen-bond donors (Lipinski definition) is 1. The largest absolute Gasteiger partial charge is 0.459 e. The SMILES string of the molecule is CC(C)C(=O)N[C@@H](Oc1ccccc1[N+](=O)[O-])C(Cl)(Cl)Cl. The minimum Gasteiger partial charge on any atom is -0.459 e. The van der Waals surface area contributed by atoms with E-state index in [0.717, 1.165) is 0 Å². The van der Waals surface area contributed by atoms with Gasteiger partial charge >= 0.3 is 5.69 Å². The number of nitrogens with zero attached hydrogens (tertiary/aromatic N) is 1. The fraction of sp³-hybridized carbons (Fsp3) is 0.417. The lowest BCUT2D eigenvalue weighted by Crippen LogP contribution is -2.49. The Kier molecular flexibility index (Phi) is 6.07. The quantitative estimate of drug-likeness (QED) is 0.380. The number of ether oxygens (including phenoxy) is 1. The van der Waals surface area contributed by atoms with E-state index in [1.165, 1.54) is 24.3 Å². The van der Waals surface area contributed by atoms with E-state index in [0.29, 0.717) is 0 Å². The summed E-state index contributed by atoms with van der Waals surface area (Å²) in [5.41, 5.74) is -0.296. The summed E-state index contributed by atoms with van der Waals surface area (Å²) in [6.07, 6.45) is -1.36. The molecule has 0 spiro atoms. The Morgan fingerprint density at radius 2 is 1.90 bits per heavy atom. The third-order valence-corrected chi connectivity index (χ3v) is 3.00. The van der Waals surface area contributed by atoms with Crippen LogP contribution in [-0.2, 0) is 4.79 Å². The van der Waals surface area contributed by atoms with Gasteiger partial charge in [-0.2, -0.15) is 0 Å². The van der Waals surface area contributed by atoms with Crippen molar-refractivity contribution in [2.24, 2.45) is 5.92 Å². The maximum atomic E-state index is 11.7. The minimum absolute atomic E-state index is 0.108. The molecule has 0 aromatic heterocycles. The minimum atomic E-state index is -1.99. The number of hydrogen-bond acceptors (Lipinski definition) is 4. The van der Waals surface area contributed by atoms with E-state index in [1.54, 1.807) is 13.8 Å². The molecule has 1 atom stereocenters. The first kappa shape index (κ1) is 17.8. The molecule has 0 heterocycles. The maximum Gasteiger partial charge on any atom is 0.311 e. The lowest BCUT2D eigenvalue weighted by Gasteiger charge is -2.26. The average Bonchev–Trinajstić information content (AvgIpc) is 2.36. The van der Waals surface area contributed by atoms with Crippen LogP contribution in [0.5, 0.6) is 5.75 Å². The number of nitro benzene ring substituents is 1. The van der Waals surface area contributed by atoms with Crippen LogP contribution in [-0.4, -0.2) is 20.9 Å². The lowest BCUT2D eigenvalue weighted by atomic mass is 10.2. The highest BCUT2D eigenvalue weighted by Gasteiger charge is 2.37. The standard InChI is InChI=1S/C12H13Cl3N2O4/c1-7(2)10(18)16-11(12(13,14)15)21-9-6-4-3-5-8(9)17(19)20/h3-7,11H,1-2H3,(H,16,18)/t11-/m0/s1. The molecule has 1 N–H and O–H groups in total. The van der Waals surface area contributed by atoms with Gasteiger partial charge in [0.2, 0.25) is 15.9 Å². The van der Waals surface area contributed by atoms with E-state index >= 15 is 0 Å². The van der Waals surface area contributed by atoms with Gasteiger partial charge in [-0.1, -0.05) is 60.8 Å². The van der Waals surface area contributed by atoms with Crippen molar-refractivity contribution in [1.82, 2.24) is 5.32 Å². The summed E-state index contributed by atoms with van der Waals surface area (Å²) in [5.74, 6) is -0.887. The zero-order valence-electron chi connectivity index (χ0n) is 11.2. The zero-order valence-corrected chi connectivity index (χ0v) is 13.4. The van der Waals surface area contributed by atoms with Gasteiger partial charge in [0, 0.05) is 12.0 Å². The van der Waals surface area contributed by atoms with Crippen LogP contribution in [0.15, 0.2) is 24.3 Å². The summed E-state index contributed by atoms with van der Waals surface area (Å²) in [5, 5.41) is 13.3. The molecule has 0 saturated carbocycles. The Morgan fingerprint density at radius 1 is 1.33 bits per heavy atom. The van der Waals surface area contributed by atoms with Crippen LogP contribution in [0.1, 0.15) is 13.8 Å². The summed E-state index contributed by atoms with van der Waals surface area (Å²) in [4.78, 5) is 22.0. The van der Waals surface area contributed by atoms with Crippen LogP contribution in [0.3, 0.4) is 0 Å². The van der Waals surface area contributed by atoms with Gasteiger partial charge in [-0.15, -0.1) is 0 Å². The molecule has 0 radical (unpaired) electrons. The number of para-hydroxylation sites is 2. The van der Waals surface area contributed by atoms with Crippen molar-refractivity contribution in [2.75, 3.05) is 0 Å². The number of nitro groups is 1. The number of benzene rings is 1. The van der Waals surface area contributed by atoms with Crippen LogP contribution in [0.4, 0.5) is 5.69 Å². The molecule has 0 aliphatic carbocycles. The predicted molar refractivity (Wildman–Crippen MR) is 80.8 cm³/mol. The molecule has 0 aliphatic heterocycles. The number of rotatable bonds is 5. The first-order chi connectivity index (χ1) is 9.62. The molecule has 0 saturated heterocycles. The zero-order chi connectivity index (χ0) is 16.2. The molecular weight excluding hydrogens is 343 g/mol. The highest BCUT2D eigenvalue weighted by molar-refractivity contribution is 6.68. The molecule has 0 fully saturated rings. The molecule has 0 unspecified atom stereocenters. The van der Waals surface area contributed by atoms with Gasteiger partial charge in [0.15, 0.2) is 5.75 Å². The Labute approximate surface area is 136 Å². The summed E-state index contributed by atoms with van der Waals surface area (Å²) in [6.45, 7) is 3.30. The second-order valence-corrected chi connectivity index (χ2v) is 6.80. The fourth-order valence-corrected chi connectivity index (χ4v) is 1.61. The van der Waals surface area contributed by atoms with Crippen LogP contribution in [0.25, 0.3) is 0 Å².